The van der Waals surface area contributed by atoms with Crippen molar-refractivity contribution in [3.63, 3.8) is 0 Å². The number of primary amides is 1. The number of rotatable bonds is 7. The van der Waals surface area contributed by atoms with Crippen molar-refractivity contribution in [3.05, 3.63) is 76.2 Å². The zero-order valence-corrected chi connectivity index (χ0v) is 17.5. The second kappa shape index (κ2) is 9.01. The molecule has 4 N–H and O–H groups in total. The highest BCUT2D eigenvalue weighted by atomic mass is 32.1. The molecule has 0 unspecified atom stereocenters. The van der Waals surface area contributed by atoms with Crippen molar-refractivity contribution < 1.29 is 19.1 Å². The van der Waals surface area contributed by atoms with Crippen LogP contribution in [-0.4, -0.2) is 24.3 Å². The number of nitrogens with two attached hydrogens (primary N) is 1. The summed E-state index contributed by atoms with van der Waals surface area (Å²) >= 11 is 1.38. The molecule has 31 heavy (non-hydrogen) atoms. The first-order valence-electron chi connectivity index (χ1n) is 9.85. The number of thiophene rings is 1. The molecule has 1 heterocycles. The van der Waals surface area contributed by atoms with E-state index in [4.69, 9.17) is 10.5 Å². The fourth-order valence-electron chi connectivity index (χ4n) is 3.56. The lowest BCUT2D eigenvalue weighted by atomic mass is 10.1. The van der Waals surface area contributed by atoms with Crippen molar-refractivity contribution in [2.24, 2.45) is 5.73 Å². The Morgan fingerprint density at radius 1 is 0.968 bits per heavy atom. The Labute approximate surface area is 183 Å². The van der Waals surface area contributed by atoms with Gasteiger partial charge in [-0.15, -0.1) is 11.3 Å². The summed E-state index contributed by atoms with van der Waals surface area (Å²) in [5, 5.41) is 5.99. The summed E-state index contributed by atoms with van der Waals surface area (Å²) in [6, 6.07) is 15.8. The summed E-state index contributed by atoms with van der Waals surface area (Å²) in [7, 11) is 0. The van der Waals surface area contributed by atoms with Gasteiger partial charge in [0.1, 0.15) is 10.8 Å². The van der Waals surface area contributed by atoms with Gasteiger partial charge in [-0.3, -0.25) is 14.4 Å². The lowest BCUT2D eigenvalue weighted by molar-refractivity contribution is -0.118. The Morgan fingerprint density at radius 2 is 1.71 bits per heavy atom. The zero-order valence-electron chi connectivity index (χ0n) is 16.6. The van der Waals surface area contributed by atoms with E-state index >= 15 is 0 Å². The van der Waals surface area contributed by atoms with Crippen molar-refractivity contribution in [3.8, 4) is 5.75 Å². The van der Waals surface area contributed by atoms with E-state index in [1.165, 1.54) is 11.3 Å². The second-order valence-corrected chi connectivity index (χ2v) is 8.18. The molecule has 0 spiro atoms. The molecule has 7 nitrogen and oxygen atoms in total. The number of aryl methyl sites for hydroxylation is 1. The second-order valence-electron chi connectivity index (χ2n) is 7.08. The lowest BCUT2D eigenvalue weighted by Gasteiger charge is -2.12. The highest BCUT2D eigenvalue weighted by Gasteiger charge is 2.26. The van der Waals surface area contributed by atoms with E-state index in [-0.39, 0.29) is 18.3 Å². The zero-order chi connectivity index (χ0) is 21.8. The molecule has 3 amide bonds. The van der Waals surface area contributed by atoms with Gasteiger partial charge in [0.2, 0.25) is 0 Å². The van der Waals surface area contributed by atoms with Gasteiger partial charge in [0.25, 0.3) is 17.7 Å². The molecule has 0 atom stereocenters. The molecular formula is C23H21N3O4S. The summed E-state index contributed by atoms with van der Waals surface area (Å²) < 4.78 is 5.62. The molecule has 0 saturated heterocycles. The number of carbonyl (C=O) groups is 3. The Balaban J connectivity index is 1.43. The minimum Gasteiger partial charge on any atom is -0.483 e. The topological polar surface area (TPSA) is 111 Å². The molecular weight excluding hydrogens is 414 g/mol. The van der Waals surface area contributed by atoms with Crippen LogP contribution in [0.15, 0.2) is 54.6 Å². The Hall–Kier alpha value is -3.65. The molecule has 1 aliphatic rings. The van der Waals surface area contributed by atoms with E-state index in [0.29, 0.717) is 21.8 Å². The number of anilines is 2. The van der Waals surface area contributed by atoms with Crippen LogP contribution < -0.4 is 21.1 Å². The molecule has 3 aromatic rings. The van der Waals surface area contributed by atoms with E-state index < -0.39 is 11.8 Å². The van der Waals surface area contributed by atoms with E-state index in [1.54, 1.807) is 36.4 Å². The minimum absolute atomic E-state index is 0.287. The van der Waals surface area contributed by atoms with Gasteiger partial charge in [0, 0.05) is 10.6 Å². The summed E-state index contributed by atoms with van der Waals surface area (Å²) in [6.45, 7) is -0.309. The van der Waals surface area contributed by atoms with E-state index in [0.717, 1.165) is 29.7 Å². The van der Waals surface area contributed by atoms with E-state index in [9.17, 15) is 14.4 Å². The molecule has 0 fully saturated rings. The molecule has 158 valence electrons. The van der Waals surface area contributed by atoms with Crippen LogP contribution in [0.1, 0.15) is 37.6 Å². The molecule has 1 aliphatic carbocycles. The summed E-state index contributed by atoms with van der Waals surface area (Å²) in [4.78, 5) is 38.1. The third kappa shape index (κ3) is 4.59. The van der Waals surface area contributed by atoms with Crippen molar-refractivity contribution >= 4 is 39.7 Å². The number of hydrogen-bond acceptors (Lipinski definition) is 5. The fourth-order valence-corrected chi connectivity index (χ4v) is 4.87. The monoisotopic (exact) mass is 435 g/mol. The van der Waals surface area contributed by atoms with E-state index in [2.05, 4.69) is 10.6 Å². The van der Waals surface area contributed by atoms with Crippen LogP contribution in [0.4, 0.5) is 10.7 Å². The molecule has 0 bridgehead atoms. The standard InChI is InChI=1S/C23H21N3O4S/c24-21(28)20-16-10-6-12-18(16)31-23(20)26-19(27)13-30-17-11-5-4-9-15(17)22(29)25-14-7-2-1-3-8-14/h1-5,7-9,11H,6,10,12-13H2,(H2,24,28)(H,25,29)(H,26,27). The van der Waals surface area contributed by atoms with Gasteiger partial charge in [-0.2, -0.15) is 0 Å². The maximum Gasteiger partial charge on any atom is 0.262 e. The van der Waals surface area contributed by atoms with Crippen LogP contribution in [0.2, 0.25) is 0 Å². The average Bonchev–Trinajstić information content (AvgIpc) is 3.33. The number of ether oxygens (including phenoxy) is 1. The van der Waals surface area contributed by atoms with Gasteiger partial charge in [-0.1, -0.05) is 30.3 Å². The van der Waals surface area contributed by atoms with Gasteiger partial charge in [0.15, 0.2) is 6.61 Å². The highest BCUT2D eigenvalue weighted by molar-refractivity contribution is 7.17. The number of fused-ring (bicyclic) bond motifs is 1. The fraction of sp³-hybridized carbons (Fsp3) is 0.174. The number of hydrogen-bond donors (Lipinski definition) is 3. The summed E-state index contributed by atoms with van der Waals surface area (Å²) in [5.74, 6) is -1.03. The first-order valence-corrected chi connectivity index (χ1v) is 10.7. The Morgan fingerprint density at radius 3 is 2.48 bits per heavy atom. The number of para-hydroxylation sites is 2. The van der Waals surface area contributed by atoms with Gasteiger partial charge < -0.3 is 21.1 Å². The van der Waals surface area contributed by atoms with Crippen LogP contribution in [0.25, 0.3) is 0 Å². The normalized spacial score (nSPS) is 12.1. The van der Waals surface area contributed by atoms with Crippen molar-refractivity contribution in [2.75, 3.05) is 17.2 Å². The molecule has 2 aromatic carbocycles. The number of benzene rings is 2. The summed E-state index contributed by atoms with van der Waals surface area (Å²) in [5.41, 5.74) is 7.84. The molecule has 0 radical (unpaired) electrons. The average molecular weight is 436 g/mol. The third-order valence-electron chi connectivity index (χ3n) is 4.94. The largest absolute Gasteiger partial charge is 0.483 e. The third-order valence-corrected chi connectivity index (χ3v) is 6.15. The van der Waals surface area contributed by atoms with Crippen LogP contribution in [0.3, 0.4) is 0 Å². The lowest BCUT2D eigenvalue weighted by Crippen LogP contribution is -2.23. The van der Waals surface area contributed by atoms with E-state index in [1.807, 2.05) is 18.2 Å². The number of nitrogens with one attached hydrogen (secondary N) is 2. The minimum atomic E-state index is -0.543. The van der Waals surface area contributed by atoms with Gasteiger partial charge in [-0.05, 0) is 49.1 Å². The van der Waals surface area contributed by atoms with Crippen molar-refractivity contribution in [2.45, 2.75) is 19.3 Å². The molecule has 0 saturated carbocycles. The highest BCUT2D eigenvalue weighted by Crippen LogP contribution is 2.38. The predicted molar refractivity (Wildman–Crippen MR) is 120 cm³/mol. The summed E-state index contributed by atoms with van der Waals surface area (Å²) in [6.07, 6.45) is 2.66. The first kappa shape index (κ1) is 20.6. The molecule has 1 aromatic heterocycles. The number of carbonyl (C=O) groups excluding carboxylic acids is 3. The van der Waals surface area contributed by atoms with Crippen LogP contribution in [-0.2, 0) is 17.6 Å². The van der Waals surface area contributed by atoms with Crippen LogP contribution in [0.5, 0.6) is 5.75 Å². The number of amides is 3. The van der Waals surface area contributed by atoms with Gasteiger partial charge >= 0.3 is 0 Å². The maximum atomic E-state index is 12.6. The quantitative estimate of drug-likeness (QED) is 0.526. The molecule has 8 heteroatoms. The van der Waals surface area contributed by atoms with Crippen molar-refractivity contribution in [1.82, 2.24) is 0 Å². The van der Waals surface area contributed by atoms with Crippen LogP contribution >= 0.6 is 11.3 Å². The molecule has 0 aliphatic heterocycles. The first-order chi connectivity index (χ1) is 15.0. The maximum absolute atomic E-state index is 12.6. The SMILES string of the molecule is NC(=O)c1c(NC(=O)COc2ccccc2C(=O)Nc2ccccc2)sc2c1CCC2. The Kier molecular flexibility index (Phi) is 5.99. The molecule has 4 rings (SSSR count). The van der Waals surface area contributed by atoms with Crippen LogP contribution in [0, 0.1) is 0 Å². The Bertz CT molecular complexity index is 1140. The predicted octanol–water partition coefficient (Wildman–Crippen LogP) is 3.61. The van der Waals surface area contributed by atoms with Crippen molar-refractivity contribution in [1.29, 1.82) is 0 Å². The van der Waals surface area contributed by atoms with Gasteiger partial charge in [0.05, 0.1) is 11.1 Å². The smallest absolute Gasteiger partial charge is 0.262 e. The van der Waals surface area contributed by atoms with Gasteiger partial charge in [-0.25, -0.2) is 0 Å².